The molecular weight excluding hydrogens is 658 g/mol. The van der Waals surface area contributed by atoms with Gasteiger partial charge in [-0.15, -0.1) is 0 Å². The van der Waals surface area contributed by atoms with Crippen LogP contribution in [0.3, 0.4) is 0 Å². The molecule has 0 spiro atoms. The number of thiazole rings is 1. The van der Waals surface area contributed by atoms with Gasteiger partial charge in [-0.2, -0.15) is 5.10 Å². The van der Waals surface area contributed by atoms with E-state index in [2.05, 4.69) is 45.7 Å². The number of aromatic nitrogens is 4. The largest absolute Gasteiger partial charge is 0.462 e. The number of hydrogen-bond donors (Lipinski definition) is 0. The maximum Gasteiger partial charge on any atom is 0.343 e. The molecule has 224 valence electrons. The Balaban J connectivity index is 1.51. The van der Waals surface area contributed by atoms with Crippen LogP contribution in [-0.4, -0.2) is 72.4 Å². The molecule has 0 saturated carbocycles. The van der Waals surface area contributed by atoms with E-state index in [1.807, 2.05) is 35.2 Å². The molecule has 0 aliphatic carbocycles. The van der Waals surface area contributed by atoms with Gasteiger partial charge in [0.15, 0.2) is 10.9 Å². The van der Waals surface area contributed by atoms with Gasteiger partial charge < -0.3 is 14.2 Å². The maximum atomic E-state index is 13.2. The molecule has 3 heterocycles. The molecule has 0 atom stereocenters. The van der Waals surface area contributed by atoms with Crippen molar-refractivity contribution < 1.29 is 23.8 Å². The van der Waals surface area contributed by atoms with Gasteiger partial charge in [0.1, 0.15) is 34.5 Å². The molecular formula is C28H34BrN5O5S2Si. The number of hydrogen-bond acceptors (Lipinski definition) is 11. The molecule has 0 fully saturated rings. The number of benzene rings is 1. The summed E-state index contributed by atoms with van der Waals surface area (Å²) < 4.78 is 19.4. The third-order valence-electron chi connectivity index (χ3n) is 6.01. The first-order valence-electron chi connectivity index (χ1n) is 13.4. The van der Waals surface area contributed by atoms with Crippen LogP contribution in [0.4, 0.5) is 10.9 Å². The highest BCUT2D eigenvalue weighted by Gasteiger charge is 2.25. The minimum atomic E-state index is -1.24. The predicted octanol–water partition coefficient (Wildman–Crippen LogP) is 6.86. The number of ether oxygens (including phenoxy) is 3. The minimum Gasteiger partial charge on any atom is -0.462 e. The summed E-state index contributed by atoms with van der Waals surface area (Å²) in [7, 11) is 0.289. The number of Topliss-reactive ketones (excluding diaryl/α,β-unsaturated/α-hetero) is 1. The highest BCUT2D eigenvalue weighted by Crippen LogP contribution is 2.33. The van der Waals surface area contributed by atoms with E-state index in [4.69, 9.17) is 19.2 Å². The fourth-order valence-corrected chi connectivity index (χ4v) is 7.20. The number of ketones is 1. The first kappa shape index (κ1) is 32.3. The Kier molecular flexibility index (Phi) is 11.3. The van der Waals surface area contributed by atoms with Crippen LogP contribution < -0.4 is 4.90 Å². The van der Waals surface area contributed by atoms with Crippen LogP contribution in [0.5, 0.6) is 0 Å². The number of thioether (sulfide) groups is 1. The number of pyridine rings is 1. The number of para-hydroxylation sites is 1. The van der Waals surface area contributed by atoms with Crippen LogP contribution in [0, 0.1) is 0 Å². The van der Waals surface area contributed by atoms with Gasteiger partial charge in [0.25, 0.3) is 0 Å². The zero-order valence-corrected chi connectivity index (χ0v) is 28.5. The molecule has 0 aliphatic heterocycles. The Morgan fingerprint density at radius 3 is 2.62 bits per heavy atom. The molecule has 4 rings (SSSR count). The summed E-state index contributed by atoms with van der Waals surface area (Å²) in [4.78, 5) is 37.1. The fourth-order valence-electron chi connectivity index (χ4n) is 3.81. The first-order valence-corrected chi connectivity index (χ1v) is 19.7. The Morgan fingerprint density at radius 2 is 1.95 bits per heavy atom. The van der Waals surface area contributed by atoms with Crippen molar-refractivity contribution >= 4 is 80.0 Å². The van der Waals surface area contributed by atoms with Crippen LogP contribution in [0.15, 0.2) is 52.2 Å². The Labute approximate surface area is 262 Å². The third kappa shape index (κ3) is 8.26. The molecule has 0 radical (unpaired) electrons. The number of anilines is 2. The monoisotopic (exact) mass is 691 g/mol. The summed E-state index contributed by atoms with van der Waals surface area (Å²) in [5.74, 6) is 0.0390. The lowest BCUT2D eigenvalue weighted by molar-refractivity contribution is 0.0518. The average Bonchev–Trinajstić information content (AvgIpc) is 3.52. The van der Waals surface area contributed by atoms with E-state index in [0.29, 0.717) is 34.3 Å². The highest BCUT2D eigenvalue weighted by molar-refractivity contribution is 9.10. The second-order valence-electron chi connectivity index (χ2n) is 10.5. The first-order chi connectivity index (χ1) is 20.1. The normalized spacial score (nSPS) is 11.7. The molecule has 4 aromatic rings. The quantitative estimate of drug-likeness (QED) is 0.0328. The molecule has 0 amide bonds. The second kappa shape index (κ2) is 14.7. The van der Waals surface area contributed by atoms with Crippen LogP contribution in [0.1, 0.15) is 27.6 Å². The Morgan fingerprint density at radius 1 is 1.17 bits per heavy atom. The number of carbonyl (C=O) groups is 2. The van der Waals surface area contributed by atoms with Gasteiger partial charge in [-0.3, -0.25) is 9.69 Å². The van der Waals surface area contributed by atoms with Gasteiger partial charge in [-0.25, -0.2) is 19.4 Å². The highest BCUT2D eigenvalue weighted by atomic mass is 79.9. The molecule has 1 aromatic carbocycles. The second-order valence-corrected chi connectivity index (χ2v) is 18.8. The number of rotatable bonds is 15. The number of methoxy groups -OCH3 is 1. The lowest BCUT2D eigenvalue weighted by Crippen LogP contribution is -2.26. The third-order valence-corrected chi connectivity index (χ3v) is 10.4. The molecule has 0 saturated heterocycles. The number of halogens is 1. The van der Waals surface area contributed by atoms with Crippen molar-refractivity contribution in [3.8, 4) is 0 Å². The SMILES string of the molecule is CCOC(=O)c1c(Br)nn(COC)c1SCC(=O)c1ccc(N(COCC[Si](C)(C)C)c2nc3ccccc3s2)nc1. The van der Waals surface area contributed by atoms with E-state index in [-0.39, 0.29) is 30.4 Å². The summed E-state index contributed by atoms with van der Waals surface area (Å²) in [5, 5.41) is 5.57. The number of fused-ring (bicyclic) bond motifs is 1. The summed E-state index contributed by atoms with van der Waals surface area (Å²) in [6.45, 7) is 9.99. The zero-order chi connectivity index (χ0) is 30.3. The summed E-state index contributed by atoms with van der Waals surface area (Å²) in [5.41, 5.74) is 1.63. The summed E-state index contributed by atoms with van der Waals surface area (Å²) in [6, 6.07) is 12.6. The van der Waals surface area contributed by atoms with Crippen molar-refractivity contribution in [3.05, 3.63) is 58.3 Å². The molecule has 0 bridgehead atoms. The van der Waals surface area contributed by atoms with Crippen molar-refractivity contribution in [2.24, 2.45) is 0 Å². The van der Waals surface area contributed by atoms with E-state index >= 15 is 0 Å². The average molecular weight is 693 g/mol. The summed E-state index contributed by atoms with van der Waals surface area (Å²) >= 11 is 6.09. The van der Waals surface area contributed by atoms with Crippen LogP contribution in [-0.2, 0) is 20.9 Å². The van der Waals surface area contributed by atoms with Crippen LogP contribution >= 0.6 is 39.0 Å². The van der Waals surface area contributed by atoms with E-state index < -0.39 is 14.0 Å². The predicted molar refractivity (Wildman–Crippen MR) is 173 cm³/mol. The number of carbonyl (C=O) groups excluding carboxylic acids is 2. The molecule has 0 N–H and O–H groups in total. The van der Waals surface area contributed by atoms with Crippen molar-refractivity contribution in [1.82, 2.24) is 19.7 Å². The lowest BCUT2D eigenvalue weighted by atomic mass is 10.2. The van der Waals surface area contributed by atoms with Gasteiger partial charge in [0, 0.05) is 33.6 Å². The lowest BCUT2D eigenvalue weighted by Gasteiger charge is -2.22. The Bertz CT molecular complexity index is 1490. The zero-order valence-electron chi connectivity index (χ0n) is 24.3. The van der Waals surface area contributed by atoms with Gasteiger partial charge in [-0.1, -0.05) is 54.9 Å². The van der Waals surface area contributed by atoms with Crippen molar-refractivity contribution in [1.29, 1.82) is 0 Å². The molecule has 0 aliphatic rings. The van der Waals surface area contributed by atoms with Crippen molar-refractivity contribution in [3.63, 3.8) is 0 Å². The van der Waals surface area contributed by atoms with E-state index in [0.717, 1.165) is 21.4 Å². The van der Waals surface area contributed by atoms with Gasteiger partial charge in [-0.05, 0) is 53.2 Å². The van der Waals surface area contributed by atoms with Crippen LogP contribution in [0.25, 0.3) is 10.2 Å². The van der Waals surface area contributed by atoms with Gasteiger partial charge in [0.2, 0.25) is 0 Å². The fraction of sp³-hybridized carbons (Fsp3) is 0.393. The molecule has 0 unspecified atom stereocenters. The molecule has 42 heavy (non-hydrogen) atoms. The standard InChI is InChI=1S/C28H34BrN5O5S2Si/c1-6-39-27(36)24-25(29)32-34(18-37-2)26(24)40-16-21(35)19-11-12-23(30-15-19)33(17-38-13-14-42(3,4)5)28-31-20-9-7-8-10-22(20)41-28/h7-12,15H,6,13-14,16-18H2,1-5H3. The maximum absolute atomic E-state index is 13.2. The number of nitrogens with zero attached hydrogens (tertiary/aromatic N) is 5. The van der Waals surface area contributed by atoms with Crippen molar-refractivity contribution in [2.75, 3.05) is 37.7 Å². The van der Waals surface area contributed by atoms with Crippen LogP contribution in [0.2, 0.25) is 25.7 Å². The smallest absolute Gasteiger partial charge is 0.343 e. The Hall–Kier alpha value is -2.62. The number of esters is 1. The molecule has 14 heteroatoms. The topological polar surface area (TPSA) is 109 Å². The van der Waals surface area contributed by atoms with Crippen molar-refractivity contribution in [2.45, 2.75) is 44.4 Å². The van der Waals surface area contributed by atoms with E-state index in [1.165, 1.54) is 23.6 Å². The molecule has 10 nitrogen and oxygen atoms in total. The van der Waals surface area contributed by atoms with Gasteiger partial charge in [0.05, 0.1) is 22.6 Å². The minimum absolute atomic E-state index is 0.0661. The van der Waals surface area contributed by atoms with E-state index in [1.54, 1.807) is 30.5 Å². The van der Waals surface area contributed by atoms with Gasteiger partial charge >= 0.3 is 5.97 Å². The molecule has 3 aromatic heterocycles. The van der Waals surface area contributed by atoms with E-state index in [9.17, 15) is 9.59 Å². The summed E-state index contributed by atoms with van der Waals surface area (Å²) in [6.07, 6.45) is 1.56.